The summed E-state index contributed by atoms with van der Waals surface area (Å²) in [7, 11) is 0. The molecule has 1 heterocycles. The van der Waals surface area contributed by atoms with Crippen LogP contribution in [0.5, 0.6) is 11.5 Å². The molecule has 3 aromatic rings. The topological polar surface area (TPSA) is 99.3 Å². The van der Waals surface area contributed by atoms with E-state index in [1.807, 2.05) is 13.0 Å². The van der Waals surface area contributed by atoms with Crippen LogP contribution in [0.4, 0.5) is 28.9 Å². The van der Waals surface area contributed by atoms with E-state index in [9.17, 15) is 32.5 Å². The van der Waals surface area contributed by atoms with Gasteiger partial charge in [-0.25, -0.2) is 22.2 Å². The number of aryl methyl sites for hydroxylation is 2. The van der Waals surface area contributed by atoms with Crippen LogP contribution >= 0.6 is 11.6 Å². The van der Waals surface area contributed by atoms with Crippen LogP contribution in [0, 0.1) is 24.0 Å². The summed E-state index contributed by atoms with van der Waals surface area (Å²) < 4.78 is 59.3. The molecule has 0 aliphatic carbocycles. The minimum atomic E-state index is -3.28. The molecule has 0 aliphatic rings. The summed E-state index contributed by atoms with van der Waals surface area (Å²) in [5.74, 6) is -0.486. The van der Waals surface area contributed by atoms with Gasteiger partial charge in [0.2, 0.25) is 5.91 Å². The molecule has 8 nitrogen and oxygen atoms in total. The zero-order valence-corrected chi connectivity index (χ0v) is 19.3. The van der Waals surface area contributed by atoms with Crippen molar-refractivity contribution in [3.8, 4) is 11.5 Å². The van der Waals surface area contributed by atoms with Gasteiger partial charge in [-0.05, 0) is 38.0 Å². The van der Waals surface area contributed by atoms with E-state index < -0.39 is 51.8 Å². The fourth-order valence-electron chi connectivity index (χ4n) is 3.20. The number of benzene rings is 2. The van der Waals surface area contributed by atoms with E-state index in [-0.39, 0.29) is 11.4 Å². The molecular formula is C22H19ClF4N4O4. The zero-order chi connectivity index (χ0) is 26.0. The minimum absolute atomic E-state index is 0.0336. The number of nitrogens with one attached hydrogen (secondary N) is 1. The van der Waals surface area contributed by atoms with E-state index in [1.54, 1.807) is 19.1 Å². The Morgan fingerprint density at radius 3 is 2.43 bits per heavy atom. The van der Waals surface area contributed by atoms with Crippen molar-refractivity contribution in [2.24, 2.45) is 0 Å². The van der Waals surface area contributed by atoms with Gasteiger partial charge in [0.15, 0.2) is 0 Å². The maximum Gasteiger partial charge on any atom is 0.283 e. The molecule has 0 fully saturated rings. The van der Waals surface area contributed by atoms with Gasteiger partial charge in [0, 0.05) is 12.1 Å². The van der Waals surface area contributed by atoms with Gasteiger partial charge in [0.25, 0.3) is 18.5 Å². The van der Waals surface area contributed by atoms with E-state index in [0.29, 0.717) is 10.4 Å². The van der Waals surface area contributed by atoms with E-state index in [0.717, 1.165) is 30.2 Å². The largest absolute Gasteiger partial charge is 0.457 e. The van der Waals surface area contributed by atoms with Crippen molar-refractivity contribution in [1.82, 2.24) is 9.78 Å². The number of carbonyl (C=O) groups excluding carboxylic acids is 1. The molecule has 0 spiro atoms. The van der Waals surface area contributed by atoms with Gasteiger partial charge in [0.1, 0.15) is 28.9 Å². The molecule has 0 saturated carbocycles. The Bertz CT molecular complexity index is 1280. The first-order chi connectivity index (χ1) is 16.4. The molecule has 0 saturated heterocycles. The number of carbonyl (C=O) groups is 1. The van der Waals surface area contributed by atoms with Crippen LogP contribution in [-0.2, 0) is 4.79 Å². The second-order valence-corrected chi connectivity index (χ2v) is 8.02. The predicted octanol–water partition coefficient (Wildman–Crippen LogP) is 6.93. The monoisotopic (exact) mass is 514 g/mol. The molecular weight excluding hydrogens is 496 g/mol. The van der Waals surface area contributed by atoms with Gasteiger partial charge in [-0.2, -0.15) is 5.10 Å². The second-order valence-electron chi connectivity index (χ2n) is 7.64. The van der Waals surface area contributed by atoms with Crippen molar-refractivity contribution in [3.05, 3.63) is 74.0 Å². The minimum Gasteiger partial charge on any atom is -0.457 e. The molecule has 2 aromatic carbocycles. The van der Waals surface area contributed by atoms with E-state index >= 15 is 0 Å². The number of halogens is 5. The summed E-state index contributed by atoms with van der Waals surface area (Å²) >= 11 is 5.64. The zero-order valence-electron chi connectivity index (χ0n) is 18.6. The van der Waals surface area contributed by atoms with E-state index in [4.69, 9.17) is 16.3 Å². The average molecular weight is 515 g/mol. The molecule has 13 heteroatoms. The highest BCUT2D eigenvalue weighted by Crippen LogP contribution is 2.37. The van der Waals surface area contributed by atoms with E-state index in [2.05, 4.69) is 10.4 Å². The van der Waals surface area contributed by atoms with Crippen LogP contribution in [0.3, 0.4) is 0 Å². The molecule has 186 valence electrons. The second kappa shape index (κ2) is 10.3. The fourth-order valence-corrected chi connectivity index (χ4v) is 3.49. The molecule has 0 radical (unpaired) electrons. The number of anilines is 1. The van der Waals surface area contributed by atoms with Crippen molar-refractivity contribution in [3.63, 3.8) is 0 Å². The third-order valence-electron chi connectivity index (χ3n) is 5.01. The lowest BCUT2D eigenvalue weighted by Crippen LogP contribution is -2.26. The Morgan fingerprint density at radius 1 is 1.14 bits per heavy atom. The van der Waals surface area contributed by atoms with Crippen molar-refractivity contribution in [2.75, 3.05) is 5.32 Å². The Labute approximate surface area is 201 Å². The standard InChI is InChI=1S/C22H19ClF4N4O4/c1-10-4-5-11(2)16(6-10)35-15-8-13(7-14(9-15)31(33)34)28-22(32)12(3)30-19(21(26)27)17(23)18(29-30)20(24)25/h4-9,12,20-21H,1-3H3,(H,28,32). The summed E-state index contributed by atoms with van der Waals surface area (Å²) in [5.41, 5.74) is -0.974. The molecule has 1 atom stereocenters. The van der Waals surface area contributed by atoms with Crippen molar-refractivity contribution >= 4 is 28.9 Å². The number of hydrogen-bond acceptors (Lipinski definition) is 5. The summed E-state index contributed by atoms with van der Waals surface area (Å²) in [6, 6.07) is 7.36. The highest BCUT2D eigenvalue weighted by atomic mass is 35.5. The van der Waals surface area contributed by atoms with Gasteiger partial charge in [-0.1, -0.05) is 23.7 Å². The number of hydrogen-bond donors (Lipinski definition) is 1. The van der Waals surface area contributed by atoms with E-state index in [1.165, 1.54) is 6.07 Å². The number of non-ortho nitro benzene ring substituents is 1. The van der Waals surface area contributed by atoms with Crippen LogP contribution in [0.1, 0.15) is 48.3 Å². The van der Waals surface area contributed by atoms with Crippen molar-refractivity contribution < 1.29 is 32.0 Å². The van der Waals surface area contributed by atoms with Crippen LogP contribution in [0.15, 0.2) is 36.4 Å². The molecule has 35 heavy (non-hydrogen) atoms. The van der Waals surface area contributed by atoms with Gasteiger partial charge < -0.3 is 10.1 Å². The number of amides is 1. The SMILES string of the molecule is Cc1ccc(C)c(Oc2cc(NC(=O)C(C)n3nc(C(F)F)c(Cl)c3C(F)F)cc([N+](=O)[O-])c2)c1. The number of nitro benzene ring substituents is 1. The smallest absolute Gasteiger partial charge is 0.283 e. The summed E-state index contributed by atoms with van der Waals surface area (Å²) in [6.07, 6.45) is -6.52. The Kier molecular flexibility index (Phi) is 7.64. The normalized spacial score (nSPS) is 12.2. The first kappa shape index (κ1) is 25.9. The van der Waals surface area contributed by atoms with Gasteiger partial charge in [-0.3, -0.25) is 14.9 Å². The maximum absolute atomic E-state index is 13.5. The molecule has 0 bridgehead atoms. The van der Waals surface area contributed by atoms with Crippen LogP contribution in [-0.4, -0.2) is 20.6 Å². The number of rotatable bonds is 8. The number of aromatic nitrogens is 2. The van der Waals surface area contributed by atoms with Gasteiger partial charge in [0.05, 0.1) is 21.7 Å². The van der Waals surface area contributed by atoms with Crippen molar-refractivity contribution in [2.45, 2.75) is 39.7 Å². The Balaban J connectivity index is 1.93. The average Bonchev–Trinajstić information content (AvgIpc) is 3.13. The first-order valence-electron chi connectivity index (χ1n) is 10.1. The number of nitro groups is 1. The van der Waals surface area contributed by atoms with Gasteiger partial charge >= 0.3 is 0 Å². The quantitative estimate of drug-likeness (QED) is 0.200. The number of nitrogens with zero attached hydrogens (tertiary/aromatic N) is 3. The molecule has 1 unspecified atom stereocenters. The molecule has 1 amide bonds. The lowest BCUT2D eigenvalue weighted by atomic mass is 10.1. The van der Waals surface area contributed by atoms with Crippen LogP contribution in [0.25, 0.3) is 0 Å². The predicted molar refractivity (Wildman–Crippen MR) is 120 cm³/mol. The molecule has 0 aliphatic heterocycles. The summed E-state index contributed by atoms with van der Waals surface area (Å²) in [4.78, 5) is 23.5. The Morgan fingerprint density at radius 2 is 1.83 bits per heavy atom. The lowest BCUT2D eigenvalue weighted by Gasteiger charge is -2.16. The maximum atomic E-state index is 13.5. The van der Waals surface area contributed by atoms with Gasteiger partial charge in [-0.15, -0.1) is 0 Å². The highest BCUT2D eigenvalue weighted by Gasteiger charge is 2.32. The number of ether oxygens (including phenoxy) is 1. The summed E-state index contributed by atoms with van der Waals surface area (Å²) in [6.45, 7) is 4.76. The van der Waals surface area contributed by atoms with Crippen LogP contribution in [0.2, 0.25) is 5.02 Å². The third kappa shape index (κ3) is 5.70. The number of alkyl halides is 4. The first-order valence-corrected chi connectivity index (χ1v) is 10.5. The van der Waals surface area contributed by atoms with Crippen LogP contribution < -0.4 is 10.1 Å². The van der Waals surface area contributed by atoms with Crippen molar-refractivity contribution in [1.29, 1.82) is 0 Å². The fraction of sp³-hybridized carbons (Fsp3) is 0.273. The molecule has 1 N–H and O–H groups in total. The lowest BCUT2D eigenvalue weighted by molar-refractivity contribution is -0.384. The molecule has 1 aromatic heterocycles. The molecule has 3 rings (SSSR count). The Hall–Kier alpha value is -3.67. The summed E-state index contributed by atoms with van der Waals surface area (Å²) in [5, 5.41) is 16.2. The highest BCUT2D eigenvalue weighted by molar-refractivity contribution is 6.32. The third-order valence-corrected chi connectivity index (χ3v) is 5.40.